The second-order valence-electron chi connectivity index (χ2n) is 6.37. The minimum absolute atomic E-state index is 0.776. The lowest BCUT2D eigenvalue weighted by atomic mass is 10.1. The van der Waals surface area contributed by atoms with Gasteiger partial charge in [-0.1, -0.05) is 60.7 Å². The highest BCUT2D eigenvalue weighted by molar-refractivity contribution is 5.78. The first kappa shape index (κ1) is 16.9. The summed E-state index contributed by atoms with van der Waals surface area (Å²) >= 11 is 0. The fourth-order valence-electron chi connectivity index (χ4n) is 3.02. The Morgan fingerprint density at radius 1 is 0.741 bits per heavy atom. The molecule has 0 aliphatic heterocycles. The van der Waals surface area contributed by atoms with E-state index >= 15 is 0 Å². The number of hydrogen-bond donors (Lipinski definition) is 0. The van der Waals surface area contributed by atoms with Crippen molar-refractivity contribution in [3.63, 3.8) is 0 Å². The second-order valence-corrected chi connectivity index (χ2v) is 6.37. The van der Waals surface area contributed by atoms with Crippen LogP contribution < -0.4 is 4.90 Å². The molecule has 4 nitrogen and oxygen atoms in total. The van der Waals surface area contributed by atoms with Gasteiger partial charge in [0.2, 0.25) is 0 Å². The summed E-state index contributed by atoms with van der Waals surface area (Å²) in [5.41, 5.74) is 5.03. The zero-order chi connectivity index (χ0) is 18.5. The zero-order valence-corrected chi connectivity index (χ0v) is 15.2. The molecule has 0 aliphatic rings. The van der Waals surface area contributed by atoms with Crippen molar-refractivity contribution in [2.45, 2.75) is 6.54 Å². The Bertz CT molecular complexity index is 1000. The van der Waals surface area contributed by atoms with Crippen LogP contribution in [0.3, 0.4) is 0 Å². The number of anilines is 1. The molecule has 2 aromatic heterocycles. The van der Waals surface area contributed by atoms with Crippen molar-refractivity contribution in [1.29, 1.82) is 0 Å². The highest BCUT2D eigenvalue weighted by Crippen LogP contribution is 2.30. The van der Waals surface area contributed by atoms with Crippen molar-refractivity contribution in [1.82, 2.24) is 15.0 Å². The summed E-state index contributed by atoms with van der Waals surface area (Å²) in [4.78, 5) is 15.9. The Labute approximate surface area is 159 Å². The van der Waals surface area contributed by atoms with E-state index in [1.165, 1.54) is 5.56 Å². The van der Waals surface area contributed by atoms with E-state index in [2.05, 4.69) is 46.3 Å². The summed E-state index contributed by atoms with van der Waals surface area (Å²) in [6.45, 7) is 0.776. The first-order valence-corrected chi connectivity index (χ1v) is 8.89. The molecular weight excluding hydrogens is 332 g/mol. The third kappa shape index (κ3) is 3.85. The number of nitrogens with zero attached hydrogens (tertiary/aromatic N) is 4. The van der Waals surface area contributed by atoms with Gasteiger partial charge in [0.25, 0.3) is 0 Å². The maximum Gasteiger partial charge on any atom is 0.147 e. The van der Waals surface area contributed by atoms with Crippen molar-refractivity contribution in [2.75, 3.05) is 11.9 Å². The molecule has 0 saturated carbocycles. The van der Waals surface area contributed by atoms with Gasteiger partial charge in [-0.15, -0.1) is 0 Å². The Morgan fingerprint density at radius 3 is 2.07 bits per heavy atom. The molecule has 0 unspecified atom stereocenters. The average molecular weight is 352 g/mol. The third-order valence-electron chi connectivity index (χ3n) is 4.41. The van der Waals surface area contributed by atoms with E-state index in [-0.39, 0.29) is 0 Å². The summed E-state index contributed by atoms with van der Waals surface area (Å²) in [5, 5.41) is 0. The van der Waals surface area contributed by atoms with Gasteiger partial charge in [0.15, 0.2) is 0 Å². The molecule has 0 amide bonds. The van der Waals surface area contributed by atoms with Crippen LogP contribution in [0.15, 0.2) is 91.4 Å². The quantitative estimate of drug-likeness (QED) is 0.515. The van der Waals surface area contributed by atoms with Gasteiger partial charge in [0.1, 0.15) is 5.82 Å². The van der Waals surface area contributed by atoms with Gasteiger partial charge in [-0.05, 0) is 17.7 Å². The van der Waals surface area contributed by atoms with E-state index < -0.39 is 0 Å². The van der Waals surface area contributed by atoms with E-state index in [0.717, 1.165) is 34.9 Å². The Kier molecular flexibility index (Phi) is 4.88. The monoisotopic (exact) mass is 352 g/mol. The van der Waals surface area contributed by atoms with Crippen LogP contribution in [-0.2, 0) is 6.54 Å². The number of benzene rings is 2. The standard InChI is InChI=1S/C23H20N4/c1-27(17-18-8-4-2-5-9-18)21-16-25-22(20-12-14-24-15-13-20)23(26-21)19-10-6-3-7-11-19/h2-16H,17H2,1H3. The van der Waals surface area contributed by atoms with E-state index in [1.807, 2.05) is 49.6 Å². The van der Waals surface area contributed by atoms with Gasteiger partial charge in [0.05, 0.1) is 17.6 Å². The van der Waals surface area contributed by atoms with Crippen molar-refractivity contribution in [2.24, 2.45) is 0 Å². The minimum Gasteiger partial charge on any atom is -0.354 e. The molecule has 4 heteroatoms. The zero-order valence-electron chi connectivity index (χ0n) is 15.2. The van der Waals surface area contributed by atoms with Crippen LogP contribution in [0.5, 0.6) is 0 Å². The fraction of sp³-hybridized carbons (Fsp3) is 0.0870. The van der Waals surface area contributed by atoms with Crippen LogP contribution in [0, 0.1) is 0 Å². The van der Waals surface area contributed by atoms with Gasteiger partial charge in [-0.3, -0.25) is 9.97 Å². The molecule has 0 spiro atoms. The Hall–Kier alpha value is -3.53. The topological polar surface area (TPSA) is 41.9 Å². The molecule has 0 radical (unpaired) electrons. The summed E-state index contributed by atoms with van der Waals surface area (Å²) < 4.78 is 0. The van der Waals surface area contributed by atoms with Crippen LogP contribution in [0.25, 0.3) is 22.5 Å². The van der Waals surface area contributed by atoms with E-state index in [9.17, 15) is 0 Å². The molecule has 0 N–H and O–H groups in total. The van der Waals surface area contributed by atoms with Crippen molar-refractivity contribution < 1.29 is 0 Å². The Balaban J connectivity index is 1.75. The highest BCUT2D eigenvalue weighted by atomic mass is 15.2. The van der Waals surface area contributed by atoms with Crippen molar-refractivity contribution in [3.8, 4) is 22.5 Å². The van der Waals surface area contributed by atoms with E-state index in [4.69, 9.17) is 9.97 Å². The van der Waals surface area contributed by atoms with E-state index in [0.29, 0.717) is 0 Å². The van der Waals surface area contributed by atoms with Crippen LogP contribution >= 0.6 is 0 Å². The molecule has 27 heavy (non-hydrogen) atoms. The molecular formula is C23H20N4. The molecule has 0 atom stereocenters. The van der Waals surface area contributed by atoms with Crippen molar-refractivity contribution in [3.05, 3.63) is 97.0 Å². The molecule has 2 aromatic carbocycles. The van der Waals surface area contributed by atoms with Crippen LogP contribution in [0.2, 0.25) is 0 Å². The highest BCUT2D eigenvalue weighted by Gasteiger charge is 2.14. The van der Waals surface area contributed by atoms with Gasteiger partial charge < -0.3 is 4.90 Å². The van der Waals surface area contributed by atoms with Crippen LogP contribution in [0.4, 0.5) is 5.82 Å². The second kappa shape index (κ2) is 7.79. The molecule has 4 aromatic rings. The molecule has 132 valence electrons. The molecule has 0 aliphatic carbocycles. The molecule has 0 saturated heterocycles. The largest absolute Gasteiger partial charge is 0.354 e. The van der Waals surface area contributed by atoms with Gasteiger partial charge >= 0.3 is 0 Å². The predicted molar refractivity (Wildman–Crippen MR) is 109 cm³/mol. The molecule has 0 fully saturated rings. The smallest absolute Gasteiger partial charge is 0.147 e. The molecule has 2 heterocycles. The van der Waals surface area contributed by atoms with Crippen LogP contribution in [0.1, 0.15) is 5.56 Å². The first-order chi connectivity index (χ1) is 13.3. The van der Waals surface area contributed by atoms with Gasteiger partial charge in [0, 0.05) is 37.1 Å². The summed E-state index contributed by atoms with van der Waals surface area (Å²) in [6, 6.07) is 24.5. The first-order valence-electron chi connectivity index (χ1n) is 8.89. The maximum absolute atomic E-state index is 4.96. The average Bonchev–Trinajstić information content (AvgIpc) is 2.75. The van der Waals surface area contributed by atoms with Gasteiger partial charge in [-0.2, -0.15) is 0 Å². The molecule has 4 rings (SSSR count). The lowest BCUT2D eigenvalue weighted by Crippen LogP contribution is -2.18. The number of pyridine rings is 1. The molecule has 0 bridgehead atoms. The van der Waals surface area contributed by atoms with Crippen molar-refractivity contribution >= 4 is 5.82 Å². The maximum atomic E-state index is 4.96. The summed E-state index contributed by atoms with van der Waals surface area (Å²) in [6.07, 6.45) is 5.40. The fourth-order valence-corrected chi connectivity index (χ4v) is 3.02. The SMILES string of the molecule is CN(Cc1ccccc1)c1cnc(-c2ccncc2)c(-c2ccccc2)n1. The number of rotatable bonds is 5. The van der Waals surface area contributed by atoms with Crippen LogP contribution in [-0.4, -0.2) is 22.0 Å². The van der Waals surface area contributed by atoms with E-state index in [1.54, 1.807) is 12.4 Å². The lowest BCUT2D eigenvalue weighted by molar-refractivity contribution is 0.892. The summed E-state index contributed by atoms with van der Waals surface area (Å²) in [7, 11) is 2.04. The minimum atomic E-state index is 0.776. The Morgan fingerprint density at radius 2 is 1.37 bits per heavy atom. The lowest BCUT2D eigenvalue weighted by Gasteiger charge is -2.20. The number of aromatic nitrogens is 3. The summed E-state index contributed by atoms with van der Waals surface area (Å²) in [5.74, 6) is 0.843. The predicted octanol–water partition coefficient (Wildman–Crippen LogP) is 4.84. The number of hydrogen-bond acceptors (Lipinski definition) is 4. The third-order valence-corrected chi connectivity index (χ3v) is 4.41. The normalized spacial score (nSPS) is 10.6. The van der Waals surface area contributed by atoms with Gasteiger partial charge in [-0.25, -0.2) is 4.98 Å².